The number of methoxy groups -OCH3 is 1. The van der Waals surface area contributed by atoms with Crippen molar-refractivity contribution in [2.24, 2.45) is 10.9 Å². The molecule has 2 aromatic carbocycles. The number of esters is 1. The molecule has 0 saturated carbocycles. The molecule has 0 N–H and O–H groups in total. The van der Waals surface area contributed by atoms with Crippen LogP contribution in [0.5, 0.6) is 5.75 Å². The lowest BCUT2D eigenvalue weighted by atomic mass is 9.87. The summed E-state index contributed by atoms with van der Waals surface area (Å²) >= 11 is 0. The molecule has 0 aromatic heterocycles. The summed E-state index contributed by atoms with van der Waals surface area (Å²) < 4.78 is 10.6. The van der Waals surface area contributed by atoms with E-state index in [4.69, 9.17) is 9.47 Å². The third-order valence-corrected chi connectivity index (χ3v) is 4.54. The molecule has 2 aromatic rings. The zero-order valence-electron chi connectivity index (χ0n) is 14.6. The largest absolute Gasteiger partial charge is 0.497 e. The molecular weight excluding hydrogens is 314 g/mol. The zero-order chi connectivity index (χ0) is 17.9. The van der Waals surface area contributed by atoms with Crippen LogP contribution in [0.4, 0.5) is 0 Å². The summed E-state index contributed by atoms with van der Waals surface area (Å²) in [6, 6.07) is 17.2. The van der Waals surface area contributed by atoms with E-state index in [0.29, 0.717) is 5.90 Å². The smallest absolute Gasteiger partial charge is 0.341 e. The Bertz CT molecular complexity index is 809. The maximum Gasteiger partial charge on any atom is 0.341 e. The molecule has 0 aliphatic carbocycles. The first kappa shape index (κ1) is 17.0. The van der Waals surface area contributed by atoms with Crippen molar-refractivity contribution < 1.29 is 14.3 Å². The fourth-order valence-corrected chi connectivity index (χ4v) is 2.62. The number of carbonyl (C=O) groups is 1. The lowest BCUT2D eigenvalue weighted by molar-refractivity contribution is -0.139. The van der Waals surface area contributed by atoms with Crippen LogP contribution in [-0.2, 0) is 9.53 Å². The third kappa shape index (κ3) is 3.48. The molecule has 0 unspecified atom stereocenters. The van der Waals surface area contributed by atoms with Gasteiger partial charge in [-0.3, -0.25) is 0 Å². The predicted octanol–water partition coefficient (Wildman–Crippen LogP) is 4.11. The predicted molar refractivity (Wildman–Crippen MR) is 98.7 cm³/mol. The fraction of sp³-hybridized carbons (Fsp3) is 0.238. The van der Waals surface area contributed by atoms with Gasteiger partial charge in [0, 0.05) is 11.5 Å². The Hall–Kier alpha value is -2.88. The van der Waals surface area contributed by atoms with Crippen LogP contribution in [0.2, 0.25) is 0 Å². The minimum atomic E-state index is -0.922. The molecule has 0 saturated heterocycles. The van der Waals surface area contributed by atoms with Crippen molar-refractivity contribution in [2.45, 2.75) is 19.4 Å². The van der Waals surface area contributed by atoms with E-state index >= 15 is 0 Å². The van der Waals surface area contributed by atoms with E-state index in [0.717, 1.165) is 16.9 Å². The van der Waals surface area contributed by atoms with Gasteiger partial charge >= 0.3 is 5.97 Å². The van der Waals surface area contributed by atoms with Gasteiger partial charge in [-0.05, 0) is 36.8 Å². The summed E-state index contributed by atoms with van der Waals surface area (Å²) in [6.45, 7) is 3.78. The Labute approximate surface area is 147 Å². The monoisotopic (exact) mass is 335 g/mol. The standard InChI is InChI=1S/C21H21NO3/c1-15(9-10-16-11-13-18(24-3)14-12-16)21(2)20(23)25-19(22-21)17-7-5-4-6-8-17/h4-15H,1-3H3/b10-9+/t15-,21+/m0/s1. The highest BCUT2D eigenvalue weighted by atomic mass is 16.6. The van der Waals surface area contributed by atoms with E-state index in [1.807, 2.05) is 80.6 Å². The highest BCUT2D eigenvalue weighted by Gasteiger charge is 2.45. The van der Waals surface area contributed by atoms with E-state index in [1.165, 1.54) is 0 Å². The molecule has 0 spiro atoms. The number of cyclic esters (lactones) is 1. The lowest BCUT2D eigenvalue weighted by Gasteiger charge is -2.21. The van der Waals surface area contributed by atoms with Crippen molar-refractivity contribution in [2.75, 3.05) is 7.11 Å². The second kappa shape index (κ2) is 6.93. The number of aliphatic imine (C=N–C) groups is 1. The van der Waals surface area contributed by atoms with E-state index in [2.05, 4.69) is 4.99 Å². The highest BCUT2D eigenvalue weighted by Crippen LogP contribution is 2.31. The SMILES string of the molecule is COc1ccc(/C=C/[C@H](C)[C@@]2(C)N=C(c3ccccc3)OC2=O)cc1. The van der Waals surface area contributed by atoms with Crippen LogP contribution >= 0.6 is 0 Å². The van der Waals surface area contributed by atoms with Crippen LogP contribution in [0.15, 0.2) is 65.7 Å². The topological polar surface area (TPSA) is 47.9 Å². The van der Waals surface area contributed by atoms with Crippen LogP contribution in [0.3, 0.4) is 0 Å². The Kier molecular flexibility index (Phi) is 4.70. The van der Waals surface area contributed by atoms with Gasteiger partial charge in [-0.1, -0.05) is 49.4 Å². The van der Waals surface area contributed by atoms with E-state index in [-0.39, 0.29) is 11.9 Å². The Morgan fingerprint density at radius 1 is 1.12 bits per heavy atom. The van der Waals surface area contributed by atoms with Gasteiger partial charge in [0.05, 0.1) is 7.11 Å². The molecule has 1 aliphatic heterocycles. The molecule has 4 nitrogen and oxygen atoms in total. The number of carbonyl (C=O) groups excluding carboxylic acids is 1. The molecule has 25 heavy (non-hydrogen) atoms. The summed E-state index contributed by atoms with van der Waals surface area (Å²) in [5.74, 6) is 0.771. The molecule has 4 heteroatoms. The normalized spacial score (nSPS) is 21.1. The second-order valence-electron chi connectivity index (χ2n) is 6.24. The van der Waals surface area contributed by atoms with Gasteiger partial charge < -0.3 is 9.47 Å². The number of ether oxygens (including phenoxy) is 2. The molecule has 0 bridgehead atoms. The Balaban J connectivity index is 1.80. The first-order valence-corrected chi connectivity index (χ1v) is 8.23. The number of hydrogen-bond acceptors (Lipinski definition) is 4. The van der Waals surface area contributed by atoms with Gasteiger partial charge in [-0.15, -0.1) is 0 Å². The number of hydrogen-bond donors (Lipinski definition) is 0. The van der Waals surface area contributed by atoms with Crippen molar-refractivity contribution in [1.82, 2.24) is 0 Å². The number of benzene rings is 2. The second-order valence-corrected chi connectivity index (χ2v) is 6.24. The van der Waals surface area contributed by atoms with Gasteiger partial charge in [-0.25, -0.2) is 9.79 Å². The Morgan fingerprint density at radius 3 is 2.44 bits per heavy atom. The van der Waals surface area contributed by atoms with Gasteiger partial charge in [0.2, 0.25) is 5.90 Å². The lowest BCUT2D eigenvalue weighted by Crippen LogP contribution is -2.36. The molecule has 0 amide bonds. The van der Waals surface area contributed by atoms with Gasteiger partial charge in [-0.2, -0.15) is 0 Å². The third-order valence-electron chi connectivity index (χ3n) is 4.54. The van der Waals surface area contributed by atoms with E-state index < -0.39 is 5.54 Å². The summed E-state index contributed by atoms with van der Waals surface area (Å²) in [7, 11) is 1.64. The quantitative estimate of drug-likeness (QED) is 0.773. The van der Waals surface area contributed by atoms with Crippen molar-refractivity contribution >= 4 is 17.9 Å². The average molecular weight is 335 g/mol. The molecule has 128 valence electrons. The molecular formula is C21H21NO3. The van der Waals surface area contributed by atoms with Crippen LogP contribution in [-0.4, -0.2) is 24.5 Å². The van der Waals surface area contributed by atoms with Crippen LogP contribution in [0, 0.1) is 5.92 Å². The molecule has 3 rings (SSSR count). The van der Waals surface area contributed by atoms with Gasteiger partial charge in [0.25, 0.3) is 0 Å². The summed E-state index contributed by atoms with van der Waals surface area (Å²) in [4.78, 5) is 17.0. The van der Waals surface area contributed by atoms with Crippen molar-refractivity contribution in [1.29, 1.82) is 0 Å². The number of nitrogens with zero attached hydrogens (tertiary/aromatic N) is 1. The summed E-state index contributed by atoms with van der Waals surface area (Å²) in [5, 5.41) is 0. The van der Waals surface area contributed by atoms with Crippen LogP contribution < -0.4 is 4.74 Å². The summed E-state index contributed by atoms with van der Waals surface area (Å²) in [6.07, 6.45) is 3.97. The maximum absolute atomic E-state index is 12.4. The molecule has 2 atom stereocenters. The fourth-order valence-electron chi connectivity index (χ4n) is 2.62. The van der Waals surface area contributed by atoms with Gasteiger partial charge in [0.1, 0.15) is 5.75 Å². The molecule has 0 radical (unpaired) electrons. The first-order valence-electron chi connectivity index (χ1n) is 8.23. The Morgan fingerprint density at radius 2 is 1.80 bits per heavy atom. The maximum atomic E-state index is 12.4. The average Bonchev–Trinajstić information content (AvgIpc) is 2.97. The van der Waals surface area contributed by atoms with Crippen molar-refractivity contribution in [3.8, 4) is 5.75 Å². The zero-order valence-corrected chi connectivity index (χ0v) is 14.6. The number of rotatable bonds is 5. The molecule has 0 fully saturated rings. The van der Waals surface area contributed by atoms with Crippen LogP contribution in [0.25, 0.3) is 6.08 Å². The van der Waals surface area contributed by atoms with Crippen LogP contribution in [0.1, 0.15) is 25.0 Å². The minimum absolute atomic E-state index is 0.108. The van der Waals surface area contributed by atoms with E-state index in [9.17, 15) is 4.79 Å². The van der Waals surface area contributed by atoms with E-state index in [1.54, 1.807) is 7.11 Å². The van der Waals surface area contributed by atoms with Gasteiger partial charge in [0.15, 0.2) is 5.54 Å². The van der Waals surface area contributed by atoms with Crippen molar-refractivity contribution in [3.05, 3.63) is 71.8 Å². The summed E-state index contributed by atoms with van der Waals surface area (Å²) in [5.41, 5.74) is 0.925. The first-order chi connectivity index (χ1) is 12.0. The highest BCUT2D eigenvalue weighted by molar-refractivity contribution is 6.08. The van der Waals surface area contributed by atoms with Crippen molar-refractivity contribution in [3.63, 3.8) is 0 Å². The minimum Gasteiger partial charge on any atom is -0.497 e. The molecule has 1 heterocycles. The molecule has 1 aliphatic rings.